The van der Waals surface area contributed by atoms with Crippen LogP contribution in [-0.2, 0) is 7.05 Å². The molecular formula is C22H21N2+. The molecule has 0 fully saturated rings. The van der Waals surface area contributed by atoms with E-state index in [1.807, 2.05) is 0 Å². The van der Waals surface area contributed by atoms with Crippen molar-refractivity contribution >= 4 is 10.9 Å². The molecule has 0 spiro atoms. The van der Waals surface area contributed by atoms with Crippen LogP contribution in [0.2, 0.25) is 0 Å². The molecule has 0 radical (unpaired) electrons. The Morgan fingerprint density at radius 2 is 1.50 bits per heavy atom. The standard InChI is InChI=1S/C22H21N2/c1-16-9-7-8-12-19(16)21-22-20(17(2)15-23(21)3)13-14-24(22)18-10-5-4-6-11-18/h4-15H,1-3H3/q+1. The Balaban J connectivity index is 2.14. The van der Waals surface area contributed by atoms with Crippen LogP contribution in [0, 0.1) is 13.8 Å². The van der Waals surface area contributed by atoms with Crippen LogP contribution in [0.5, 0.6) is 0 Å². The van der Waals surface area contributed by atoms with Crippen molar-refractivity contribution in [3.63, 3.8) is 0 Å². The monoisotopic (exact) mass is 313 g/mol. The second kappa shape index (κ2) is 5.64. The lowest BCUT2D eigenvalue weighted by Crippen LogP contribution is -2.32. The van der Waals surface area contributed by atoms with E-state index in [0.29, 0.717) is 0 Å². The Morgan fingerprint density at radius 1 is 0.792 bits per heavy atom. The van der Waals surface area contributed by atoms with Crippen LogP contribution in [0.25, 0.3) is 27.8 Å². The zero-order valence-corrected chi connectivity index (χ0v) is 14.3. The summed E-state index contributed by atoms with van der Waals surface area (Å²) in [5, 5.41) is 1.30. The second-order valence-corrected chi connectivity index (χ2v) is 6.37. The first-order valence-electron chi connectivity index (χ1n) is 8.28. The molecule has 0 unspecified atom stereocenters. The molecule has 0 aliphatic heterocycles. The van der Waals surface area contributed by atoms with Gasteiger partial charge in [0.05, 0.1) is 5.56 Å². The molecule has 0 atom stereocenters. The van der Waals surface area contributed by atoms with Crippen molar-refractivity contribution in [2.24, 2.45) is 7.05 Å². The van der Waals surface area contributed by atoms with E-state index in [9.17, 15) is 0 Å². The van der Waals surface area contributed by atoms with Gasteiger partial charge in [-0.25, -0.2) is 0 Å². The van der Waals surface area contributed by atoms with Gasteiger partial charge in [-0.05, 0) is 43.7 Å². The number of rotatable bonds is 2. The molecule has 24 heavy (non-hydrogen) atoms. The van der Waals surface area contributed by atoms with E-state index in [1.165, 1.54) is 39.0 Å². The summed E-state index contributed by atoms with van der Waals surface area (Å²) in [7, 11) is 2.14. The van der Waals surface area contributed by atoms with Gasteiger partial charge in [-0.1, -0.05) is 36.4 Å². The normalized spacial score (nSPS) is 11.1. The largest absolute Gasteiger partial charge is 0.311 e. The SMILES string of the molecule is Cc1ccccc1-c1c2c(ccn2-c2ccccc2)c(C)c[n+]1C. The van der Waals surface area contributed by atoms with E-state index in [4.69, 9.17) is 0 Å². The van der Waals surface area contributed by atoms with Crippen LogP contribution in [-0.4, -0.2) is 4.57 Å². The van der Waals surface area contributed by atoms with E-state index in [-0.39, 0.29) is 0 Å². The topological polar surface area (TPSA) is 8.81 Å². The van der Waals surface area contributed by atoms with Crippen molar-refractivity contribution in [2.45, 2.75) is 13.8 Å². The molecule has 4 aromatic rings. The molecule has 0 aliphatic carbocycles. The van der Waals surface area contributed by atoms with E-state index < -0.39 is 0 Å². The molecule has 0 aliphatic rings. The fourth-order valence-electron chi connectivity index (χ4n) is 3.54. The molecular weight excluding hydrogens is 292 g/mol. The fourth-order valence-corrected chi connectivity index (χ4v) is 3.54. The summed E-state index contributed by atoms with van der Waals surface area (Å²) in [5.74, 6) is 0. The van der Waals surface area contributed by atoms with Gasteiger partial charge < -0.3 is 4.57 Å². The first-order valence-corrected chi connectivity index (χ1v) is 8.28. The Bertz CT molecular complexity index is 1030. The minimum Gasteiger partial charge on any atom is -0.311 e. The average Bonchev–Trinajstić information content (AvgIpc) is 3.02. The maximum atomic E-state index is 2.30. The Hall–Kier alpha value is -2.87. The van der Waals surface area contributed by atoms with Crippen LogP contribution in [0.1, 0.15) is 11.1 Å². The van der Waals surface area contributed by atoms with Gasteiger partial charge in [0.25, 0.3) is 0 Å². The van der Waals surface area contributed by atoms with Crippen LogP contribution in [0.4, 0.5) is 0 Å². The molecule has 0 N–H and O–H groups in total. The highest BCUT2D eigenvalue weighted by molar-refractivity contribution is 5.94. The second-order valence-electron chi connectivity index (χ2n) is 6.37. The van der Waals surface area contributed by atoms with E-state index >= 15 is 0 Å². The van der Waals surface area contributed by atoms with Crippen molar-refractivity contribution in [1.29, 1.82) is 0 Å². The Kier molecular flexibility index (Phi) is 3.46. The van der Waals surface area contributed by atoms with Crippen LogP contribution in [0.3, 0.4) is 0 Å². The smallest absolute Gasteiger partial charge is 0.237 e. The number of fused-ring (bicyclic) bond motifs is 1. The number of hydrogen-bond donors (Lipinski definition) is 0. The maximum Gasteiger partial charge on any atom is 0.237 e. The summed E-state index contributed by atoms with van der Waals surface area (Å²) in [4.78, 5) is 0. The summed E-state index contributed by atoms with van der Waals surface area (Å²) < 4.78 is 4.55. The third kappa shape index (κ3) is 2.23. The van der Waals surface area contributed by atoms with Gasteiger partial charge in [-0.3, -0.25) is 0 Å². The molecule has 2 heterocycles. The van der Waals surface area contributed by atoms with Gasteiger partial charge in [0.15, 0.2) is 6.20 Å². The van der Waals surface area contributed by atoms with Crippen molar-refractivity contribution < 1.29 is 4.57 Å². The predicted octanol–water partition coefficient (Wildman–Crippen LogP) is 4.74. The van der Waals surface area contributed by atoms with Crippen molar-refractivity contribution in [3.8, 4) is 16.9 Å². The lowest BCUT2D eigenvalue weighted by atomic mass is 10.0. The quantitative estimate of drug-likeness (QED) is 0.473. The molecule has 0 saturated heterocycles. The molecule has 0 amide bonds. The highest BCUT2D eigenvalue weighted by Crippen LogP contribution is 2.31. The molecule has 118 valence electrons. The Labute approximate surface area is 142 Å². The molecule has 2 aromatic heterocycles. The summed E-state index contributed by atoms with van der Waals surface area (Å²) in [6.45, 7) is 4.36. The van der Waals surface area contributed by atoms with Crippen molar-refractivity contribution in [3.05, 3.63) is 84.2 Å². The lowest BCUT2D eigenvalue weighted by Gasteiger charge is -2.11. The van der Waals surface area contributed by atoms with Gasteiger partial charge in [0.1, 0.15) is 12.6 Å². The zero-order chi connectivity index (χ0) is 16.7. The first kappa shape index (κ1) is 14.7. The van der Waals surface area contributed by atoms with Gasteiger partial charge in [-0.15, -0.1) is 0 Å². The van der Waals surface area contributed by atoms with Crippen LogP contribution >= 0.6 is 0 Å². The molecule has 2 aromatic carbocycles. The number of hydrogen-bond acceptors (Lipinski definition) is 0. The van der Waals surface area contributed by atoms with Crippen LogP contribution < -0.4 is 4.57 Å². The van der Waals surface area contributed by atoms with Crippen molar-refractivity contribution in [2.75, 3.05) is 0 Å². The summed E-state index contributed by atoms with van der Waals surface area (Å²) >= 11 is 0. The van der Waals surface area contributed by atoms with E-state index in [0.717, 1.165) is 0 Å². The molecule has 2 heteroatoms. The minimum atomic E-state index is 1.19. The molecule has 4 rings (SSSR count). The number of aromatic nitrogens is 2. The predicted molar refractivity (Wildman–Crippen MR) is 99.4 cm³/mol. The third-order valence-electron chi connectivity index (χ3n) is 4.71. The van der Waals surface area contributed by atoms with E-state index in [2.05, 4.69) is 103 Å². The highest BCUT2D eigenvalue weighted by atomic mass is 15.0. The fraction of sp³-hybridized carbons (Fsp3) is 0.136. The minimum absolute atomic E-state index is 1.19. The average molecular weight is 313 g/mol. The summed E-state index contributed by atoms with van der Waals surface area (Å²) in [6, 6.07) is 21.4. The van der Waals surface area contributed by atoms with Gasteiger partial charge in [0.2, 0.25) is 5.69 Å². The molecule has 0 bridgehead atoms. The lowest BCUT2D eigenvalue weighted by molar-refractivity contribution is -0.659. The molecule has 0 saturated carbocycles. The Morgan fingerprint density at radius 3 is 2.25 bits per heavy atom. The first-order chi connectivity index (χ1) is 11.7. The zero-order valence-electron chi connectivity index (χ0n) is 14.3. The summed E-state index contributed by atoms with van der Waals surface area (Å²) in [6.07, 6.45) is 4.40. The number of pyridine rings is 1. The maximum absolute atomic E-state index is 2.30. The van der Waals surface area contributed by atoms with Gasteiger partial charge in [0, 0.05) is 22.8 Å². The van der Waals surface area contributed by atoms with Crippen LogP contribution in [0.15, 0.2) is 73.1 Å². The molecule has 2 nitrogen and oxygen atoms in total. The van der Waals surface area contributed by atoms with E-state index in [1.54, 1.807) is 0 Å². The van der Waals surface area contributed by atoms with Gasteiger partial charge in [-0.2, -0.15) is 4.57 Å². The van der Waals surface area contributed by atoms with Crippen molar-refractivity contribution in [1.82, 2.24) is 4.57 Å². The number of nitrogens with zero attached hydrogens (tertiary/aromatic N) is 2. The number of para-hydroxylation sites is 1. The third-order valence-corrected chi connectivity index (χ3v) is 4.71. The number of benzene rings is 2. The van der Waals surface area contributed by atoms with Gasteiger partial charge >= 0.3 is 0 Å². The highest BCUT2D eigenvalue weighted by Gasteiger charge is 2.22. The summed E-state index contributed by atoms with van der Waals surface area (Å²) in [5.41, 5.74) is 7.56. The number of aryl methyl sites for hydroxylation is 3.